The second-order valence-corrected chi connectivity index (χ2v) is 3.76. The lowest BCUT2D eigenvalue weighted by atomic mass is 10.2. The van der Waals surface area contributed by atoms with E-state index in [-0.39, 0.29) is 0 Å². The highest BCUT2D eigenvalue weighted by Gasteiger charge is 1.98. The zero-order valence-electron chi connectivity index (χ0n) is 10.5. The minimum Gasteiger partial charge on any atom is -0.497 e. The van der Waals surface area contributed by atoms with Crippen molar-refractivity contribution in [1.82, 2.24) is 4.98 Å². The molecule has 0 aliphatic heterocycles. The largest absolute Gasteiger partial charge is 0.497 e. The number of hydrogen-bond acceptors (Lipinski definition) is 4. The molecule has 0 aliphatic carbocycles. The maximum absolute atomic E-state index is 5.69. The summed E-state index contributed by atoms with van der Waals surface area (Å²) in [5.74, 6) is 2.44. The average molecular weight is 244 g/mol. The maximum atomic E-state index is 5.69. The number of nitrogens with zero attached hydrogens (tertiary/aromatic N) is 1. The summed E-state index contributed by atoms with van der Waals surface area (Å²) in [6.07, 6.45) is 1.72. The molecule has 18 heavy (non-hydrogen) atoms. The summed E-state index contributed by atoms with van der Waals surface area (Å²) in [5.41, 5.74) is 1.10. The molecule has 1 aromatic heterocycles. The van der Waals surface area contributed by atoms with Gasteiger partial charge in [0, 0.05) is 19.3 Å². The lowest BCUT2D eigenvalue weighted by Crippen LogP contribution is -1.97. The van der Waals surface area contributed by atoms with Crippen LogP contribution in [0.15, 0.2) is 42.6 Å². The summed E-state index contributed by atoms with van der Waals surface area (Å²) < 4.78 is 10.8. The van der Waals surface area contributed by atoms with Crippen LogP contribution < -0.4 is 14.8 Å². The lowest BCUT2D eigenvalue weighted by Gasteiger charge is -2.08. The standard InChI is InChI=1S/C14H16N2O2/c1-15-14-9-13(7-8-16-14)18-10-11-3-5-12(17-2)6-4-11/h3-9H,10H2,1-2H3,(H,15,16). The topological polar surface area (TPSA) is 43.4 Å². The Hall–Kier alpha value is -2.23. The van der Waals surface area contributed by atoms with Crippen LogP contribution in [0, 0.1) is 0 Å². The molecule has 1 aromatic carbocycles. The highest BCUT2D eigenvalue weighted by molar-refractivity contribution is 5.39. The fourth-order valence-electron chi connectivity index (χ4n) is 1.53. The number of anilines is 1. The van der Waals surface area contributed by atoms with Gasteiger partial charge in [-0.3, -0.25) is 0 Å². The molecule has 0 amide bonds. The summed E-state index contributed by atoms with van der Waals surface area (Å²) in [5, 5.41) is 2.97. The number of methoxy groups -OCH3 is 1. The zero-order chi connectivity index (χ0) is 12.8. The molecule has 0 bridgehead atoms. The predicted octanol–water partition coefficient (Wildman–Crippen LogP) is 2.71. The first-order valence-electron chi connectivity index (χ1n) is 5.71. The van der Waals surface area contributed by atoms with Crippen molar-refractivity contribution in [2.75, 3.05) is 19.5 Å². The predicted molar refractivity (Wildman–Crippen MR) is 71.1 cm³/mol. The number of pyridine rings is 1. The quantitative estimate of drug-likeness (QED) is 0.878. The molecule has 1 heterocycles. The van der Waals surface area contributed by atoms with E-state index in [9.17, 15) is 0 Å². The Labute approximate surface area is 107 Å². The van der Waals surface area contributed by atoms with Gasteiger partial charge in [0.25, 0.3) is 0 Å². The van der Waals surface area contributed by atoms with Gasteiger partial charge in [0.1, 0.15) is 23.9 Å². The Morgan fingerprint density at radius 1 is 1.11 bits per heavy atom. The van der Waals surface area contributed by atoms with Gasteiger partial charge in [0.05, 0.1) is 7.11 Å². The molecule has 4 heteroatoms. The average Bonchev–Trinajstić information content (AvgIpc) is 2.46. The first kappa shape index (κ1) is 12.2. The maximum Gasteiger partial charge on any atom is 0.129 e. The van der Waals surface area contributed by atoms with Crippen molar-refractivity contribution < 1.29 is 9.47 Å². The number of nitrogens with one attached hydrogen (secondary N) is 1. The van der Waals surface area contributed by atoms with Crippen LogP contribution in [0.5, 0.6) is 11.5 Å². The van der Waals surface area contributed by atoms with Gasteiger partial charge in [-0.05, 0) is 23.8 Å². The second kappa shape index (κ2) is 5.91. The van der Waals surface area contributed by atoms with Crippen molar-refractivity contribution >= 4 is 5.82 Å². The van der Waals surface area contributed by atoms with E-state index >= 15 is 0 Å². The summed E-state index contributed by atoms with van der Waals surface area (Å²) in [7, 11) is 3.48. The Bertz CT molecular complexity index is 497. The van der Waals surface area contributed by atoms with Crippen LogP contribution >= 0.6 is 0 Å². The minimum absolute atomic E-state index is 0.525. The Balaban J connectivity index is 1.97. The summed E-state index contributed by atoms with van der Waals surface area (Å²) in [6, 6.07) is 11.5. The molecule has 0 radical (unpaired) electrons. The van der Waals surface area contributed by atoms with Crippen LogP contribution in [-0.2, 0) is 6.61 Å². The molecule has 0 saturated heterocycles. The molecule has 1 N–H and O–H groups in total. The van der Waals surface area contributed by atoms with E-state index in [2.05, 4.69) is 10.3 Å². The van der Waals surface area contributed by atoms with E-state index in [0.717, 1.165) is 22.9 Å². The van der Waals surface area contributed by atoms with Crippen LogP contribution in [0.2, 0.25) is 0 Å². The minimum atomic E-state index is 0.525. The fourth-order valence-corrected chi connectivity index (χ4v) is 1.53. The number of ether oxygens (including phenoxy) is 2. The van der Waals surface area contributed by atoms with Gasteiger partial charge in [-0.2, -0.15) is 0 Å². The molecular formula is C14H16N2O2. The highest BCUT2D eigenvalue weighted by Crippen LogP contribution is 2.17. The third kappa shape index (κ3) is 3.13. The summed E-state index contributed by atoms with van der Waals surface area (Å²) in [6.45, 7) is 0.525. The monoisotopic (exact) mass is 244 g/mol. The van der Waals surface area contributed by atoms with Crippen molar-refractivity contribution in [2.24, 2.45) is 0 Å². The molecule has 2 aromatic rings. The first-order valence-corrected chi connectivity index (χ1v) is 5.71. The van der Waals surface area contributed by atoms with Gasteiger partial charge in [0.2, 0.25) is 0 Å². The van der Waals surface area contributed by atoms with Gasteiger partial charge in [0.15, 0.2) is 0 Å². The van der Waals surface area contributed by atoms with E-state index < -0.39 is 0 Å². The van der Waals surface area contributed by atoms with Crippen LogP contribution in [0.1, 0.15) is 5.56 Å². The molecule has 0 unspecified atom stereocenters. The third-order valence-corrected chi connectivity index (χ3v) is 2.55. The smallest absolute Gasteiger partial charge is 0.129 e. The van der Waals surface area contributed by atoms with E-state index in [1.165, 1.54) is 0 Å². The Kier molecular flexibility index (Phi) is 4.02. The van der Waals surface area contributed by atoms with Crippen molar-refractivity contribution in [3.63, 3.8) is 0 Å². The summed E-state index contributed by atoms with van der Waals surface area (Å²) >= 11 is 0. The Morgan fingerprint density at radius 3 is 2.56 bits per heavy atom. The zero-order valence-corrected chi connectivity index (χ0v) is 10.5. The number of hydrogen-bond donors (Lipinski definition) is 1. The molecule has 0 saturated carbocycles. The van der Waals surface area contributed by atoms with E-state index in [1.54, 1.807) is 13.3 Å². The molecule has 4 nitrogen and oxygen atoms in total. The van der Waals surface area contributed by atoms with E-state index in [1.807, 2.05) is 43.4 Å². The van der Waals surface area contributed by atoms with Crippen LogP contribution in [0.25, 0.3) is 0 Å². The van der Waals surface area contributed by atoms with Crippen molar-refractivity contribution in [1.29, 1.82) is 0 Å². The molecular weight excluding hydrogens is 228 g/mol. The van der Waals surface area contributed by atoms with Gasteiger partial charge in [-0.15, -0.1) is 0 Å². The molecule has 0 spiro atoms. The number of benzene rings is 1. The van der Waals surface area contributed by atoms with Gasteiger partial charge in [-0.25, -0.2) is 4.98 Å². The van der Waals surface area contributed by atoms with Gasteiger partial charge < -0.3 is 14.8 Å². The molecule has 94 valence electrons. The van der Waals surface area contributed by atoms with Crippen molar-refractivity contribution in [3.05, 3.63) is 48.2 Å². The molecule has 2 rings (SSSR count). The van der Waals surface area contributed by atoms with Crippen LogP contribution in [0.4, 0.5) is 5.82 Å². The van der Waals surface area contributed by atoms with E-state index in [4.69, 9.17) is 9.47 Å². The van der Waals surface area contributed by atoms with E-state index in [0.29, 0.717) is 6.61 Å². The number of rotatable bonds is 5. The van der Waals surface area contributed by atoms with Crippen LogP contribution in [-0.4, -0.2) is 19.1 Å². The fraction of sp³-hybridized carbons (Fsp3) is 0.214. The van der Waals surface area contributed by atoms with Crippen molar-refractivity contribution in [2.45, 2.75) is 6.61 Å². The summed E-state index contributed by atoms with van der Waals surface area (Å²) in [4.78, 5) is 4.13. The molecule has 0 aliphatic rings. The third-order valence-electron chi connectivity index (χ3n) is 2.55. The Morgan fingerprint density at radius 2 is 1.89 bits per heavy atom. The SMILES string of the molecule is CNc1cc(OCc2ccc(OC)cc2)ccn1. The molecule has 0 atom stereocenters. The highest BCUT2D eigenvalue weighted by atomic mass is 16.5. The van der Waals surface area contributed by atoms with Gasteiger partial charge in [-0.1, -0.05) is 12.1 Å². The van der Waals surface area contributed by atoms with Crippen LogP contribution in [0.3, 0.4) is 0 Å². The second-order valence-electron chi connectivity index (χ2n) is 3.76. The first-order chi connectivity index (χ1) is 8.81. The number of aromatic nitrogens is 1. The lowest BCUT2D eigenvalue weighted by molar-refractivity contribution is 0.306. The molecule has 0 fully saturated rings. The normalized spacial score (nSPS) is 9.89. The van der Waals surface area contributed by atoms with Crippen molar-refractivity contribution in [3.8, 4) is 11.5 Å². The van der Waals surface area contributed by atoms with Gasteiger partial charge >= 0.3 is 0 Å².